The van der Waals surface area contributed by atoms with Crippen LogP contribution in [0.2, 0.25) is 0 Å². The summed E-state index contributed by atoms with van der Waals surface area (Å²) in [5.41, 5.74) is -0.238. The third-order valence-corrected chi connectivity index (χ3v) is 3.05. The van der Waals surface area contributed by atoms with Crippen molar-refractivity contribution in [2.45, 2.75) is 6.42 Å². The molecule has 0 atom stereocenters. The van der Waals surface area contributed by atoms with Gasteiger partial charge in [0.15, 0.2) is 11.6 Å². The molecule has 0 fully saturated rings. The minimum atomic E-state index is -1.15. The molecule has 0 radical (unpaired) electrons. The molecule has 3 rings (SSSR count). The van der Waals surface area contributed by atoms with Crippen molar-refractivity contribution in [1.82, 2.24) is 20.1 Å². The van der Waals surface area contributed by atoms with Crippen molar-refractivity contribution < 1.29 is 18.4 Å². The summed E-state index contributed by atoms with van der Waals surface area (Å²) in [6.45, 7) is 0.0603. The molecule has 0 saturated heterocycles. The molecule has 1 aromatic carbocycles. The second kappa shape index (κ2) is 4.48. The van der Waals surface area contributed by atoms with Gasteiger partial charge in [-0.3, -0.25) is 19.6 Å². The van der Waals surface area contributed by atoms with E-state index < -0.39 is 23.4 Å². The Balaban J connectivity index is 1.85. The van der Waals surface area contributed by atoms with Crippen LogP contribution in [0.15, 0.2) is 18.5 Å². The van der Waals surface area contributed by atoms with Crippen LogP contribution >= 0.6 is 0 Å². The Hall–Kier alpha value is -2.64. The van der Waals surface area contributed by atoms with Crippen LogP contribution < -0.4 is 0 Å². The largest absolute Gasteiger partial charge is 0.274 e. The second-order valence-corrected chi connectivity index (χ2v) is 4.26. The number of halogens is 2. The molecule has 1 aromatic heterocycles. The first-order valence-electron chi connectivity index (χ1n) is 5.77. The van der Waals surface area contributed by atoms with Crippen molar-refractivity contribution in [1.29, 1.82) is 0 Å². The van der Waals surface area contributed by atoms with Gasteiger partial charge in [-0.25, -0.2) is 13.8 Å². The highest BCUT2D eigenvalue weighted by atomic mass is 19.2. The van der Waals surface area contributed by atoms with E-state index in [1.54, 1.807) is 0 Å². The Morgan fingerprint density at radius 2 is 1.70 bits per heavy atom. The number of rotatable bonds is 3. The summed E-state index contributed by atoms with van der Waals surface area (Å²) in [5, 5.41) is 6.24. The van der Waals surface area contributed by atoms with Gasteiger partial charge in [-0.15, -0.1) is 0 Å². The minimum Gasteiger partial charge on any atom is -0.274 e. The Morgan fingerprint density at radius 3 is 2.20 bits per heavy atom. The number of carbonyl (C=O) groups is 2. The van der Waals surface area contributed by atoms with E-state index >= 15 is 0 Å². The Kier molecular flexibility index (Phi) is 2.78. The van der Waals surface area contributed by atoms with Crippen LogP contribution in [-0.2, 0) is 6.42 Å². The van der Waals surface area contributed by atoms with Crippen molar-refractivity contribution in [2.75, 3.05) is 6.54 Å². The summed E-state index contributed by atoms with van der Waals surface area (Å²) in [4.78, 5) is 28.8. The van der Waals surface area contributed by atoms with Crippen LogP contribution in [0, 0.1) is 11.6 Å². The van der Waals surface area contributed by atoms with Crippen LogP contribution in [0.3, 0.4) is 0 Å². The van der Waals surface area contributed by atoms with E-state index in [9.17, 15) is 18.4 Å². The Morgan fingerprint density at radius 1 is 1.10 bits per heavy atom. The molecular formula is C12H8F2N4O2. The molecule has 1 N–H and O–H groups in total. The molecule has 0 unspecified atom stereocenters. The maximum Gasteiger partial charge on any atom is 0.261 e. The zero-order valence-corrected chi connectivity index (χ0v) is 10.1. The van der Waals surface area contributed by atoms with Gasteiger partial charge in [-0.1, -0.05) is 0 Å². The minimum absolute atomic E-state index is 0.0603. The van der Waals surface area contributed by atoms with Gasteiger partial charge in [0.25, 0.3) is 11.8 Å². The smallest absolute Gasteiger partial charge is 0.261 e. The quantitative estimate of drug-likeness (QED) is 0.847. The highest BCUT2D eigenvalue weighted by Crippen LogP contribution is 2.25. The van der Waals surface area contributed by atoms with Crippen molar-refractivity contribution in [3.05, 3.63) is 47.0 Å². The molecular weight excluding hydrogens is 270 g/mol. The molecule has 102 valence electrons. The van der Waals surface area contributed by atoms with Crippen molar-refractivity contribution in [3.63, 3.8) is 0 Å². The molecule has 8 heteroatoms. The average molecular weight is 278 g/mol. The van der Waals surface area contributed by atoms with Crippen molar-refractivity contribution in [3.8, 4) is 0 Å². The zero-order valence-electron chi connectivity index (χ0n) is 10.1. The first-order valence-corrected chi connectivity index (χ1v) is 5.77. The number of fused-ring (bicyclic) bond motifs is 1. The maximum absolute atomic E-state index is 13.1. The van der Waals surface area contributed by atoms with Crippen molar-refractivity contribution in [2.24, 2.45) is 0 Å². The number of carbonyl (C=O) groups excluding carboxylic acids is 2. The fourth-order valence-corrected chi connectivity index (χ4v) is 2.06. The third-order valence-electron chi connectivity index (χ3n) is 3.05. The maximum atomic E-state index is 13.1. The van der Waals surface area contributed by atoms with Gasteiger partial charge in [0.2, 0.25) is 0 Å². The fourth-order valence-electron chi connectivity index (χ4n) is 2.06. The lowest BCUT2D eigenvalue weighted by atomic mass is 10.1. The topological polar surface area (TPSA) is 79.0 Å². The van der Waals surface area contributed by atoms with E-state index in [4.69, 9.17) is 0 Å². The molecule has 0 aliphatic carbocycles. The van der Waals surface area contributed by atoms with E-state index in [1.807, 2.05) is 0 Å². The van der Waals surface area contributed by atoms with Gasteiger partial charge in [-0.05, 0) is 12.1 Å². The number of hydrogen-bond donors (Lipinski definition) is 1. The van der Waals surface area contributed by atoms with E-state index in [1.165, 1.54) is 6.33 Å². The third kappa shape index (κ3) is 1.85. The van der Waals surface area contributed by atoms with E-state index in [2.05, 4.69) is 15.2 Å². The molecule has 0 spiro atoms. The predicted octanol–water partition coefficient (Wildman–Crippen LogP) is 0.922. The highest BCUT2D eigenvalue weighted by molar-refractivity contribution is 6.21. The fraction of sp³-hybridized carbons (Fsp3) is 0.167. The number of amides is 2. The molecule has 6 nitrogen and oxygen atoms in total. The monoisotopic (exact) mass is 278 g/mol. The van der Waals surface area contributed by atoms with Gasteiger partial charge in [0.1, 0.15) is 12.2 Å². The molecule has 2 heterocycles. The number of nitrogens with zero attached hydrogens (tertiary/aromatic N) is 3. The number of hydrogen-bond acceptors (Lipinski definition) is 4. The van der Waals surface area contributed by atoms with Crippen LogP contribution in [-0.4, -0.2) is 38.4 Å². The van der Waals surface area contributed by atoms with Crippen LogP contribution in [0.5, 0.6) is 0 Å². The summed E-state index contributed by atoms with van der Waals surface area (Å²) in [6.07, 6.45) is 1.60. The molecule has 0 saturated carbocycles. The van der Waals surface area contributed by atoms with Crippen LogP contribution in [0.25, 0.3) is 0 Å². The second-order valence-electron chi connectivity index (χ2n) is 4.26. The van der Waals surface area contributed by atoms with E-state index in [0.29, 0.717) is 5.82 Å². The summed E-state index contributed by atoms with van der Waals surface area (Å²) in [5.74, 6) is -3.06. The zero-order chi connectivity index (χ0) is 14.3. The first kappa shape index (κ1) is 12.4. The van der Waals surface area contributed by atoms with Gasteiger partial charge in [0.05, 0.1) is 11.1 Å². The number of aromatic amines is 1. The molecule has 0 bridgehead atoms. The standard InChI is InChI=1S/C12H8F2N4O2/c13-8-3-6-7(4-9(8)14)12(20)18(11(6)19)2-1-10-15-5-16-17-10/h3-5H,1-2H2,(H,15,16,17). The van der Waals surface area contributed by atoms with Gasteiger partial charge < -0.3 is 0 Å². The van der Waals surface area contributed by atoms with E-state index in [-0.39, 0.29) is 24.1 Å². The van der Waals surface area contributed by atoms with Crippen LogP contribution in [0.1, 0.15) is 26.5 Å². The first-order chi connectivity index (χ1) is 9.58. The molecule has 1 aliphatic rings. The summed E-state index contributed by atoms with van der Waals surface area (Å²) >= 11 is 0. The molecule has 2 aromatic rings. The normalized spacial score (nSPS) is 14.0. The van der Waals surface area contributed by atoms with E-state index in [0.717, 1.165) is 17.0 Å². The van der Waals surface area contributed by atoms with Gasteiger partial charge in [-0.2, -0.15) is 5.10 Å². The van der Waals surface area contributed by atoms with Crippen LogP contribution in [0.4, 0.5) is 8.78 Å². The summed E-state index contributed by atoms with van der Waals surface area (Å²) in [6, 6.07) is 1.50. The molecule has 2 amide bonds. The summed E-state index contributed by atoms with van der Waals surface area (Å²) in [7, 11) is 0. The lowest BCUT2D eigenvalue weighted by molar-refractivity contribution is 0.0655. The Bertz CT molecular complexity index is 659. The van der Waals surface area contributed by atoms with Gasteiger partial charge >= 0.3 is 0 Å². The lowest BCUT2D eigenvalue weighted by Crippen LogP contribution is -2.31. The Labute approximate surface area is 111 Å². The summed E-state index contributed by atoms with van der Waals surface area (Å²) < 4.78 is 26.3. The molecule has 20 heavy (non-hydrogen) atoms. The average Bonchev–Trinajstić information content (AvgIpc) is 3.00. The molecule has 1 aliphatic heterocycles. The van der Waals surface area contributed by atoms with Gasteiger partial charge in [0, 0.05) is 13.0 Å². The number of imide groups is 1. The predicted molar refractivity (Wildman–Crippen MR) is 61.8 cm³/mol. The SMILES string of the molecule is O=C1c2cc(F)c(F)cc2C(=O)N1CCc1ncn[nH]1. The van der Waals surface area contributed by atoms with Crippen molar-refractivity contribution >= 4 is 11.8 Å². The number of nitrogens with one attached hydrogen (secondary N) is 1. The number of aromatic nitrogens is 3. The highest BCUT2D eigenvalue weighted by Gasteiger charge is 2.36. The number of H-pyrrole nitrogens is 1. The number of benzene rings is 1. The lowest BCUT2D eigenvalue weighted by Gasteiger charge is -2.12.